The molecule has 92 valence electrons. The molecule has 1 aromatic rings. The maximum Gasteiger partial charge on any atom is 0.269 e. The highest BCUT2D eigenvalue weighted by Gasteiger charge is 2.21. The van der Waals surface area contributed by atoms with Crippen molar-refractivity contribution in [3.05, 3.63) is 33.9 Å². The number of hydrogen-bond donors (Lipinski definition) is 1. The minimum atomic E-state index is -0.385. The third kappa shape index (κ3) is 3.17. The van der Waals surface area contributed by atoms with Gasteiger partial charge < -0.3 is 10.1 Å². The van der Waals surface area contributed by atoms with Crippen LogP contribution in [0.3, 0.4) is 0 Å². The number of nitro benzene ring substituents is 1. The quantitative estimate of drug-likeness (QED) is 0.609. The van der Waals surface area contributed by atoms with E-state index < -0.39 is 0 Å². The summed E-state index contributed by atoms with van der Waals surface area (Å²) in [6, 6.07) is 4.85. The van der Waals surface area contributed by atoms with Crippen LogP contribution in [0.15, 0.2) is 18.2 Å². The lowest BCUT2D eigenvalue weighted by Gasteiger charge is -2.11. The van der Waals surface area contributed by atoms with Gasteiger partial charge in [0.05, 0.1) is 11.5 Å². The second kappa shape index (κ2) is 5.14. The zero-order valence-corrected chi connectivity index (χ0v) is 9.81. The fraction of sp³-hybridized carbons (Fsp3) is 0.500. The average molecular weight is 236 g/mol. The number of nitrogens with one attached hydrogen (secondary N) is 1. The second-order valence-corrected chi connectivity index (χ2v) is 4.36. The Morgan fingerprint density at radius 2 is 2.29 bits per heavy atom. The molecule has 0 saturated heterocycles. The Labute approximate surface area is 99.9 Å². The third-order valence-electron chi connectivity index (χ3n) is 2.88. The third-order valence-corrected chi connectivity index (χ3v) is 2.88. The van der Waals surface area contributed by atoms with Crippen molar-refractivity contribution >= 4 is 11.4 Å². The highest BCUT2D eigenvalue weighted by molar-refractivity contribution is 5.56. The Morgan fingerprint density at radius 1 is 1.53 bits per heavy atom. The number of rotatable bonds is 6. The Hall–Kier alpha value is -1.62. The Bertz CT molecular complexity index is 416. The summed E-state index contributed by atoms with van der Waals surface area (Å²) in [5.74, 6) is 0.764. The summed E-state index contributed by atoms with van der Waals surface area (Å²) < 4.78 is 5.06. The Morgan fingerprint density at radius 3 is 2.88 bits per heavy atom. The molecule has 1 aromatic carbocycles. The summed E-state index contributed by atoms with van der Waals surface area (Å²) in [6.07, 6.45) is 2.55. The van der Waals surface area contributed by atoms with Gasteiger partial charge >= 0.3 is 0 Å². The molecule has 1 N–H and O–H groups in total. The molecule has 0 unspecified atom stereocenters. The molecule has 1 fully saturated rings. The van der Waals surface area contributed by atoms with E-state index in [1.165, 1.54) is 18.9 Å². The number of nitrogens with zero attached hydrogens (tertiary/aromatic N) is 1. The van der Waals surface area contributed by atoms with Crippen molar-refractivity contribution in [2.75, 3.05) is 19.0 Å². The molecule has 0 aromatic heterocycles. The molecule has 1 aliphatic carbocycles. The van der Waals surface area contributed by atoms with E-state index in [9.17, 15) is 10.1 Å². The predicted octanol–water partition coefficient (Wildman–Crippen LogP) is 2.56. The van der Waals surface area contributed by atoms with E-state index in [0.717, 1.165) is 23.7 Å². The van der Waals surface area contributed by atoms with Crippen LogP contribution in [0.2, 0.25) is 0 Å². The van der Waals surface area contributed by atoms with Crippen LogP contribution in [-0.4, -0.2) is 18.6 Å². The highest BCUT2D eigenvalue weighted by atomic mass is 16.6. The molecule has 0 bridgehead atoms. The number of benzene rings is 1. The van der Waals surface area contributed by atoms with Gasteiger partial charge in [-0.3, -0.25) is 10.1 Å². The molecule has 0 aliphatic heterocycles. The molecule has 5 heteroatoms. The Kier molecular flexibility index (Phi) is 3.58. The van der Waals surface area contributed by atoms with E-state index in [1.54, 1.807) is 19.2 Å². The topological polar surface area (TPSA) is 64.4 Å². The molecule has 1 aliphatic rings. The van der Waals surface area contributed by atoms with Crippen LogP contribution in [0.1, 0.15) is 18.4 Å². The second-order valence-electron chi connectivity index (χ2n) is 4.36. The van der Waals surface area contributed by atoms with Crippen LogP contribution in [-0.2, 0) is 11.3 Å². The summed E-state index contributed by atoms with van der Waals surface area (Å²) in [4.78, 5) is 10.3. The first-order valence-electron chi connectivity index (χ1n) is 5.71. The van der Waals surface area contributed by atoms with Crippen LogP contribution < -0.4 is 5.32 Å². The molecule has 0 amide bonds. The molecule has 0 atom stereocenters. The number of ether oxygens (including phenoxy) is 1. The molecular formula is C12H16N2O3. The minimum Gasteiger partial charge on any atom is -0.384 e. The van der Waals surface area contributed by atoms with Crippen molar-refractivity contribution in [3.63, 3.8) is 0 Å². The summed E-state index contributed by atoms with van der Waals surface area (Å²) in [5, 5.41) is 14.0. The van der Waals surface area contributed by atoms with E-state index in [-0.39, 0.29) is 10.6 Å². The van der Waals surface area contributed by atoms with Crippen molar-refractivity contribution in [1.29, 1.82) is 0 Å². The van der Waals surface area contributed by atoms with Gasteiger partial charge in [0.2, 0.25) is 0 Å². The zero-order chi connectivity index (χ0) is 12.3. The number of hydrogen-bond acceptors (Lipinski definition) is 4. The van der Waals surface area contributed by atoms with Gasteiger partial charge in [0.25, 0.3) is 5.69 Å². The van der Waals surface area contributed by atoms with Crippen LogP contribution in [0.25, 0.3) is 0 Å². The Balaban J connectivity index is 2.13. The van der Waals surface area contributed by atoms with Gasteiger partial charge in [-0.15, -0.1) is 0 Å². The monoisotopic (exact) mass is 236 g/mol. The minimum absolute atomic E-state index is 0.106. The summed E-state index contributed by atoms with van der Waals surface area (Å²) in [5.41, 5.74) is 1.88. The van der Waals surface area contributed by atoms with Crippen LogP contribution in [0.5, 0.6) is 0 Å². The fourth-order valence-electron chi connectivity index (χ4n) is 1.72. The number of nitro groups is 1. The van der Waals surface area contributed by atoms with Crippen LogP contribution in [0.4, 0.5) is 11.4 Å². The summed E-state index contributed by atoms with van der Waals surface area (Å²) in [6.45, 7) is 1.32. The van der Waals surface area contributed by atoms with E-state index in [2.05, 4.69) is 5.32 Å². The molecule has 5 nitrogen and oxygen atoms in total. The van der Waals surface area contributed by atoms with Crippen LogP contribution >= 0.6 is 0 Å². The zero-order valence-electron chi connectivity index (χ0n) is 9.81. The largest absolute Gasteiger partial charge is 0.384 e. The number of anilines is 1. The van der Waals surface area contributed by atoms with Gasteiger partial charge in [0, 0.05) is 37.0 Å². The smallest absolute Gasteiger partial charge is 0.269 e. The molecule has 0 radical (unpaired) electrons. The van der Waals surface area contributed by atoms with E-state index in [4.69, 9.17) is 4.74 Å². The van der Waals surface area contributed by atoms with Crippen molar-refractivity contribution in [1.82, 2.24) is 0 Å². The lowest BCUT2D eigenvalue weighted by atomic mass is 10.1. The van der Waals surface area contributed by atoms with E-state index >= 15 is 0 Å². The lowest BCUT2D eigenvalue weighted by Crippen LogP contribution is -2.06. The maximum atomic E-state index is 10.7. The van der Waals surface area contributed by atoms with Crippen molar-refractivity contribution in [2.24, 2.45) is 5.92 Å². The first-order valence-corrected chi connectivity index (χ1v) is 5.71. The molecular weight excluding hydrogens is 220 g/mol. The van der Waals surface area contributed by atoms with E-state index in [1.807, 2.05) is 0 Å². The first-order chi connectivity index (χ1) is 8.20. The normalized spacial score (nSPS) is 14.6. The van der Waals surface area contributed by atoms with Gasteiger partial charge in [-0.2, -0.15) is 0 Å². The average Bonchev–Trinajstić information content (AvgIpc) is 3.11. The molecule has 1 saturated carbocycles. The summed E-state index contributed by atoms with van der Waals surface area (Å²) >= 11 is 0. The number of methoxy groups -OCH3 is 1. The molecule has 2 rings (SSSR count). The molecule has 0 heterocycles. The van der Waals surface area contributed by atoms with Crippen molar-refractivity contribution in [2.45, 2.75) is 19.4 Å². The van der Waals surface area contributed by atoms with Gasteiger partial charge in [-0.05, 0) is 24.8 Å². The van der Waals surface area contributed by atoms with Gasteiger partial charge in [0.1, 0.15) is 0 Å². The SMILES string of the molecule is COCc1cc([N+](=O)[O-])ccc1NCC1CC1. The lowest BCUT2D eigenvalue weighted by molar-refractivity contribution is -0.384. The van der Waals surface area contributed by atoms with Crippen molar-refractivity contribution < 1.29 is 9.66 Å². The first kappa shape index (κ1) is 11.9. The molecule has 0 spiro atoms. The van der Waals surface area contributed by atoms with E-state index in [0.29, 0.717) is 6.61 Å². The van der Waals surface area contributed by atoms with Gasteiger partial charge in [-0.25, -0.2) is 0 Å². The molecule has 17 heavy (non-hydrogen) atoms. The standard InChI is InChI=1S/C12H16N2O3/c1-17-8-10-6-11(14(15)16)4-5-12(10)13-7-9-2-3-9/h4-6,9,13H,2-3,7-8H2,1H3. The summed E-state index contributed by atoms with van der Waals surface area (Å²) in [7, 11) is 1.59. The van der Waals surface area contributed by atoms with Crippen molar-refractivity contribution in [3.8, 4) is 0 Å². The maximum absolute atomic E-state index is 10.7. The highest BCUT2D eigenvalue weighted by Crippen LogP contribution is 2.30. The number of non-ortho nitro benzene ring substituents is 1. The van der Waals surface area contributed by atoms with Gasteiger partial charge in [-0.1, -0.05) is 0 Å². The fourth-order valence-corrected chi connectivity index (χ4v) is 1.72. The van der Waals surface area contributed by atoms with Crippen LogP contribution in [0, 0.1) is 16.0 Å². The van der Waals surface area contributed by atoms with Gasteiger partial charge in [0.15, 0.2) is 0 Å². The predicted molar refractivity (Wildman–Crippen MR) is 65.0 cm³/mol.